The quantitative estimate of drug-likeness (QED) is 0.388. The van der Waals surface area contributed by atoms with Crippen LogP contribution in [0.25, 0.3) is 11.3 Å². The molecule has 0 unspecified atom stereocenters. The van der Waals surface area contributed by atoms with Crippen LogP contribution in [0.2, 0.25) is 5.02 Å². The summed E-state index contributed by atoms with van der Waals surface area (Å²) in [5.41, 5.74) is 4.32. The normalized spacial score (nSPS) is 11.4. The fraction of sp³-hybridized carbons (Fsp3) is 0.261. The smallest absolute Gasteiger partial charge is 0.254 e. The molecule has 4 aromatic rings. The summed E-state index contributed by atoms with van der Waals surface area (Å²) in [6.45, 7) is 8.26. The molecule has 1 amide bonds. The predicted molar refractivity (Wildman–Crippen MR) is 127 cm³/mol. The molecular formula is C23H25ClN8O. The first-order valence-electron chi connectivity index (χ1n) is 10.4. The molecule has 0 saturated carbocycles. The van der Waals surface area contributed by atoms with Crippen molar-refractivity contribution >= 4 is 29.1 Å². The number of halogens is 1. The molecule has 3 heterocycles. The zero-order chi connectivity index (χ0) is 23.6. The van der Waals surface area contributed by atoms with E-state index in [4.69, 9.17) is 11.6 Å². The maximum absolute atomic E-state index is 12.5. The van der Waals surface area contributed by atoms with Gasteiger partial charge >= 0.3 is 0 Å². The molecule has 0 aliphatic rings. The number of aromatic nitrogens is 6. The van der Waals surface area contributed by atoms with Gasteiger partial charge in [0.15, 0.2) is 0 Å². The fourth-order valence-electron chi connectivity index (χ4n) is 3.12. The second-order valence-corrected chi connectivity index (χ2v) is 9.02. The van der Waals surface area contributed by atoms with Crippen LogP contribution in [0.5, 0.6) is 0 Å². The van der Waals surface area contributed by atoms with Gasteiger partial charge in [-0.2, -0.15) is 10.2 Å². The summed E-state index contributed by atoms with van der Waals surface area (Å²) in [4.78, 5) is 21.3. The standard InChI is InChI=1S/C23H25ClN8O/c1-14-20(12-27-31-14)30-22-25-8-7-19(29-22)15-5-6-16(18(24)9-15)10-26-21(33)17-11-28-32(13-17)23(2,3)4/h5-9,11-13H,10H2,1-4H3,(H,26,33)(H,27,31)(H,25,29,30). The summed E-state index contributed by atoms with van der Waals surface area (Å²) in [5, 5.41) is 17.7. The van der Waals surface area contributed by atoms with Crippen molar-refractivity contribution in [2.45, 2.75) is 39.8 Å². The minimum Gasteiger partial charge on any atom is -0.348 e. The molecule has 0 radical (unpaired) electrons. The highest BCUT2D eigenvalue weighted by Gasteiger charge is 2.17. The van der Waals surface area contributed by atoms with Crippen molar-refractivity contribution in [3.63, 3.8) is 0 Å². The first-order chi connectivity index (χ1) is 15.7. The second kappa shape index (κ2) is 9.03. The molecule has 3 aromatic heterocycles. The lowest BCUT2D eigenvalue weighted by atomic mass is 10.1. The number of carbonyl (C=O) groups excluding carboxylic acids is 1. The van der Waals surface area contributed by atoms with Crippen molar-refractivity contribution in [1.82, 2.24) is 35.3 Å². The van der Waals surface area contributed by atoms with Gasteiger partial charge in [-0.25, -0.2) is 9.97 Å². The molecule has 170 valence electrons. The van der Waals surface area contributed by atoms with Gasteiger partial charge in [0.2, 0.25) is 5.95 Å². The number of H-pyrrole nitrogens is 1. The van der Waals surface area contributed by atoms with Crippen molar-refractivity contribution in [3.05, 3.63) is 70.9 Å². The van der Waals surface area contributed by atoms with Crippen LogP contribution in [-0.2, 0) is 12.1 Å². The van der Waals surface area contributed by atoms with Gasteiger partial charge < -0.3 is 10.6 Å². The van der Waals surface area contributed by atoms with Gasteiger partial charge in [-0.1, -0.05) is 23.7 Å². The number of aromatic amines is 1. The van der Waals surface area contributed by atoms with Gasteiger partial charge in [0.05, 0.1) is 34.4 Å². The van der Waals surface area contributed by atoms with E-state index in [2.05, 4.69) is 35.9 Å². The number of hydrogen-bond donors (Lipinski definition) is 3. The number of carbonyl (C=O) groups is 1. The molecule has 0 fully saturated rings. The van der Waals surface area contributed by atoms with E-state index in [1.807, 2.05) is 52.0 Å². The average molecular weight is 465 g/mol. The molecular weight excluding hydrogens is 440 g/mol. The Labute approximate surface area is 196 Å². The fourth-order valence-corrected chi connectivity index (χ4v) is 3.37. The minimum atomic E-state index is -0.202. The Bertz CT molecular complexity index is 1290. The molecule has 10 heteroatoms. The number of rotatable bonds is 6. The van der Waals surface area contributed by atoms with Gasteiger partial charge in [0.1, 0.15) is 0 Å². The van der Waals surface area contributed by atoms with Gasteiger partial charge in [-0.3, -0.25) is 14.6 Å². The number of nitrogens with zero attached hydrogens (tertiary/aromatic N) is 5. The second-order valence-electron chi connectivity index (χ2n) is 8.61. The Hall–Kier alpha value is -3.72. The van der Waals surface area contributed by atoms with Gasteiger partial charge in [-0.05, 0) is 45.4 Å². The SMILES string of the molecule is Cc1n[nH]cc1Nc1nccc(-c2ccc(CNC(=O)c3cnn(C(C)(C)C)c3)c(Cl)c2)n1. The predicted octanol–water partition coefficient (Wildman–Crippen LogP) is 4.45. The van der Waals surface area contributed by atoms with Crippen LogP contribution in [0.1, 0.15) is 42.4 Å². The minimum absolute atomic E-state index is 0.189. The van der Waals surface area contributed by atoms with Crippen molar-refractivity contribution in [2.75, 3.05) is 5.32 Å². The summed E-state index contributed by atoms with van der Waals surface area (Å²) in [5.74, 6) is 0.256. The molecule has 0 saturated heterocycles. The molecule has 3 N–H and O–H groups in total. The zero-order valence-corrected chi connectivity index (χ0v) is 19.6. The lowest BCUT2D eigenvalue weighted by Crippen LogP contribution is -2.24. The molecule has 0 bridgehead atoms. The first-order valence-corrected chi connectivity index (χ1v) is 10.8. The number of aryl methyl sites for hydroxylation is 1. The maximum atomic E-state index is 12.5. The van der Waals surface area contributed by atoms with Crippen LogP contribution in [0.15, 0.2) is 49.1 Å². The summed E-state index contributed by atoms with van der Waals surface area (Å²) >= 11 is 6.51. The number of amides is 1. The molecule has 1 aromatic carbocycles. The summed E-state index contributed by atoms with van der Waals surface area (Å²) in [7, 11) is 0. The Balaban J connectivity index is 1.44. The summed E-state index contributed by atoms with van der Waals surface area (Å²) in [6.07, 6.45) is 6.74. The van der Waals surface area contributed by atoms with E-state index in [0.717, 1.165) is 28.2 Å². The topological polar surface area (TPSA) is 113 Å². The van der Waals surface area contributed by atoms with Crippen molar-refractivity contribution in [3.8, 4) is 11.3 Å². The van der Waals surface area contributed by atoms with Crippen LogP contribution in [-0.4, -0.2) is 35.9 Å². The van der Waals surface area contributed by atoms with Crippen molar-refractivity contribution in [2.24, 2.45) is 0 Å². The van der Waals surface area contributed by atoms with Crippen LogP contribution >= 0.6 is 11.6 Å². The monoisotopic (exact) mass is 464 g/mol. The van der Waals surface area contributed by atoms with Crippen LogP contribution in [0.3, 0.4) is 0 Å². The third-order valence-corrected chi connectivity index (χ3v) is 5.41. The molecule has 33 heavy (non-hydrogen) atoms. The molecule has 0 spiro atoms. The van der Waals surface area contributed by atoms with Crippen LogP contribution in [0.4, 0.5) is 11.6 Å². The van der Waals surface area contributed by atoms with Crippen LogP contribution < -0.4 is 10.6 Å². The Kier molecular flexibility index (Phi) is 6.15. The number of anilines is 2. The highest BCUT2D eigenvalue weighted by Crippen LogP contribution is 2.26. The van der Waals surface area contributed by atoms with E-state index in [-0.39, 0.29) is 11.4 Å². The largest absolute Gasteiger partial charge is 0.348 e. The first kappa shape index (κ1) is 22.5. The Morgan fingerprint density at radius 1 is 1.24 bits per heavy atom. The van der Waals surface area contributed by atoms with Gasteiger partial charge in [0.25, 0.3) is 5.91 Å². The van der Waals surface area contributed by atoms with E-state index in [1.165, 1.54) is 0 Å². The molecule has 0 aliphatic carbocycles. The lowest BCUT2D eigenvalue weighted by Gasteiger charge is -2.18. The molecule has 9 nitrogen and oxygen atoms in total. The van der Waals surface area contributed by atoms with Gasteiger partial charge in [-0.15, -0.1) is 0 Å². The molecule has 0 aliphatic heterocycles. The van der Waals surface area contributed by atoms with E-state index in [1.54, 1.807) is 29.5 Å². The average Bonchev–Trinajstić information content (AvgIpc) is 3.43. The third-order valence-electron chi connectivity index (χ3n) is 5.05. The van der Waals surface area contributed by atoms with Crippen molar-refractivity contribution < 1.29 is 4.79 Å². The number of hydrogen-bond acceptors (Lipinski definition) is 6. The number of nitrogens with one attached hydrogen (secondary N) is 3. The van der Waals surface area contributed by atoms with Gasteiger partial charge in [0, 0.05) is 35.7 Å². The molecule has 0 atom stereocenters. The Morgan fingerprint density at radius 3 is 2.73 bits per heavy atom. The Morgan fingerprint density at radius 2 is 2.06 bits per heavy atom. The highest BCUT2D eigenvalue weighted by atomic mass is 35.5. The zero-order valence-electron chi connectivity index (χ0n) is 18.8. The van der Waals surface area contributed by atoms with E-state index >= 15 is 0 Å². The maximum Gasteiger partial charge on any atom is 0.254 e. The summed E-state index contributed by atoms with van der Waals surface area (Å²) < 4.78 is 1.77. The summed E-state index contributed by atoms with van der Waals surface area (Å²) in [6, 6.07) is 7.44. The van der Waals surface area contributed by atoms with Crippen molar-refractivity contribution in [1.29, 1.82) is 0 Å². The van der Waals surface area contributed by atoms with E-state index < -0.39 is 0 Å². The van der Waals surface area contributed by atoms with E-state index in [9.17, 15) is 4.79 Å². The lowest BCUT2D eigenvalue weighted by molar-refractivity contribution is 0.0950. The van der Waals surface area contributed by atoms with E-state index in [0.29, 0.717) is 23.1 Å². The number of benzene rings is 1. The van der Waals surface area contributed by atoms with Crippen LogP contribution in [0, 0.1) is 6.92 Å². The molecule has 4 rings (SSSR count). The third kappa shape index (κ3) is 5.20. The highest BCUT2D eigenvalue weighted by molar-refractivity contribution is 6.31.